The Morgan fingerprint density at radius 2 is 2.00 bits per heavy atom. The van der Waals surface area contributed by atoms with Gasteiger partial charge < -0.3 is 5.11 Å². The van der Waals surface area contributed by atoms with Crippen LogP contribution in [0.2, 0.25) is 0 Å². The monoisotopic (exact) mass is 302 g/mol. The van der Waals surface area contributed by atoms with E-state index in [0.29, 0.717) is 5.56 Å². The molecular formula is C12H18N2O5S. The van der Waals surface area contributed by atoms with Crippen molar-refractivity contribution in [2.45, 2.75) is 37.6 Å². The van der Waals surface area contributed by atoms with Crippen molar-refractivity contribution < 1.29 is 18.4 Å². The first-order chi connectivity index (χ1) is 9.10. The molecule has 112 valence electrons. The number of hydrogen-bond acceptors (Lipinski definition) is 5. The fourth-order valence-corrected chi connectivity index (χ4v) is 3.72. The smallest absolute Gasteiger partial charge is 0.289 e. The molecule has 0 heterocycles. The average molecular weight is 302 g/mol. The number of aliphatic hydroxyl groups excluding tert-OH is 1. The van der Waals surface area contributed by atoms with Crippen molar-refractivity contribution in [2.75, 3.05) is 6.61 Å². The summed E-state index contributed by atoms with van der Waals surface area (Å²) in [6.07, 6.45) is 0.200. The molecule has 0 unspecified atom stereocenters. The zero-order valence-electron chi connectivity index (χ0n) is 11.6. The number of hydrogen-bond donors (Lipinski definition) is 2. The van der Waals surface area contributed by atoms with Gasteiger partial charge in [-0.2, -0.15) is 0 Å². The number of nitrogens with one attached hydrogen (secondary N) is 1. The molecular weight excluding hydrogens is 284 g/mol. The first-order valence-electron chi connectivity index (χ1n) is 5.99. The molecule has 0 radical (unpaired) electrons. The molecule has 0 atom stereocenters. The summed E-state index contributed by atoms with van der Waals surface area (Å²) in [5.41, 5.74) is -1.06. The molecule has 0 saturated carbocycles. The van der Waals surface area contributed by atoms with Crippen molar-refractivity contribution in [1.29, 1.82) is 0 Å². The zero-order valence-corrected chi connectivity index (χ0v) is 12.4. The summed E-state index contributed by atoms with van der Waals surface area (Å²) < 4.78 is 27.1. The number of nitrogens with zero attached hydrogens (tertiary/aromatic N) is 1. The fraction of sp³-hybridized carbons (Fsp3) is 0.500. The number of aryl methyl sites for hydroxylation is 1. The standard InChI is InChI=1S/C12H18N2O5S/c1-9-5-4-6-10(14(16)17)11(9)20(18,19)13-12(2,3)7-8-15/h4-6,13,15H,7-8H2,1-3H3. The second-order valence-corrected chi connectivity index (χ2v) is 6.76. The van der Waals surface area contributed by atoms with Crippen molar-refractivity contribution in [2.24, 2.45) is 0 Å². The molecule has 8 heteroatoms. The number of nitro groups is 1. The molecule has 0 amide bonds. The molecule has 0 spiro atoms. The van der Waals surface area contributed by atoms with E-state index < -0.39 is 26.2 Å². The van der Waals surface area contributed by atoms with Crippen molar-refractivity contribution in [3.63, 3.8) is 0 Å². The summed E-state index contributed by atoms with van der Waals surface area (Å²) in [6, 6.07) is 4.09. The maximum Gasteiger partial charge on any atom is 0.289 e. The van der Waals surface area contributed by atoms with E-state index in [0.717, 1.165) is 6.07 Å². The van der Waals surface area contributed by atoms with E-state index in [1.165, 1.54) is 19.1 Å². The summed E-state index contributed by atoms with van der Waals surface area (Å²) in [5.74, 6) is 0. The number of nitro benzene ring substituents is 1. The summed E-state index contributed by atoms with van der Waals surface area (Å²) in [5, 5.41) is 19.9. The van der Waals surface area contributed by atoms with Crippen LogP contribution in [-0.2, 0) is 10.0 Å². The van der Waals surface area contributed by atoms with Gasteiger partial charge in [0.25, 0.3) is 5.69 Å². The Balaban J connectivity index is 3.33. The lowest BCUT2D eigenvalue weighted by Crippen LogP contribution is -2.44. The number of sulfonamides is 1. The highest BCUT2D eigenvalue weighted by atomic mass is 32.2. The van der Waals surface area contributed by atoms with Crippen molar-refractivity contribution in [1.82, 2.24) is 4.72 Å². The first kappa shape index (κ1) is 16.5. The maximum atomic E-state index is 12.4. The Morgan fingerprint density at radius 1 is 1.40 bits per heavy atom. The minimum absolute atomic E-state index is 0.189. The lowest BCUT2D eigenvalue weighted by Gasteiger charge is -2.25. The van der Waals surface area contributed by atoms with Crippen LogP contribution in [0.5, 0.6) is 0 Å². The van der Waals surface area contributed by atoms with Crippen LogP contribution in [0.25, 0.3) is 0 Å². The van der Waals surface area contributed by atoms with Gasteiger partial charge in [0.2, 0.25) is 10.0 Å². The molecule has 0 bridgehead atoms. The van der Waals surface area contributed by atoms with Gasteiger partial charge in [0.05, 0.1) is 4.92 Å². The third-order valence-electron chi connectivity index (χ3n) is 2.80. The topological polar surface area (TPSA) is 110 Å². The van der Waals surface area contributed by atoms with Gasteiger partial charge in [0.1, 0.15) is 0 Å². The van der Waals surface area contributed by atoms with Crippen LogP contribution >= 0.6 is 0 Å². The predicted octanol–water partition coefficient (Wildman–Crippen LogP) is 1.34. The summed E-state index contributed by atoms with van der Waals surface area (Å²) in [4.78, 5) is 9.93. The van der Waals surface area contributed by atoms with Gasteiger partial charge in [-0.25, -0.2) is 13.1 Å². The van der Waals surface area contributed by atoms with Crippen LogP contribution < -0.4 is 4.72 Å². The van der Waals surface area contributed by atoms with Crippen molar-refractivity contribution >= 4 is 15.7 Å². The fourth-order valence-electron chi connectivity index (χ4n) is 1.88. The van der Waals surface area contributed by atoms with Crippen LogP contribution in [-0.4, -0.2) is 30.6 Å². The van der Waals surface area contributed by atoms with E-state index in [2.05, 4.69) is 4.72 Å². The van der Waals surface area contributed by atoms with E-state index in [1.807, 2.05) is 0 Å². The minimum atomic E-state index is -4.05. The predicted molar refractivity (Wildman–Crippen MR) is 73.9 cm³/mol. The molecule has 1 aromatic carbocycles. The SMILES string of the molecule is Cc1cccc([N+](=O)[O-])c1S(=O)(=O)NC(C)(C)CCO. The Morgan fingerprint density at radius 3 is 2.50 bits per heavy atom. The van der Waals surface area contributed by atoms with Gasteiger partial charge >= 0.3 is 0 Å². The summed E-state index contributed by atoms with van der Waals surface area (Å²) >= 11 is 0. The largest absolute Gasteiger partial charge is 0.396 e. The second kappa shape index (κ2) is 5.86. The third-order valence-corrected chi connectivity index (χ3v) is 4.69. The molecule has 0 saturated heterocycles. The van der Waals surface area contributed by atoms with Gasteiger partial charge in [-0.3, -0.25) is 10.1 Å². The molecule has 0 aromatic heterocycles. The highest BCUT2D eigenvalue weighted by Gasteiger charge is 2.32. The van der Waals surface area contributed by atoms with Crippen molar-refractivity contribution in [3.8, 4) is 0 Å². The average Bonchev–Trinajstić information content (AvgIpc) is 2.26. The molecule has 0 aliphatic heterocycles. The van der Waals surface area contributed by atoms with Crippen LogP contribution in [0.15, 0.2) is 23.1 Å². The first-order valence-corrected chi connectivity index (χ1v) is 7.48. The summed E-state index contributed by atoms with van der Waals surface area (Å²) in [6.45, 7) is 4.52. The Labute approximate surface area is 117 Å². The highest BCUT2D eigenvalue weighted by Crippen LogP contribution is 2.28. The van der Waals surface area contributed by atoms with Gasteiger partial charge in [0.15, 0.2) is 4.90 Å². The Kier molecular flexibility index (Phi) is 4.85. The van der Waals surface area contributed by atoms with Crippen LogP contribution in [0, 0.1) is 17.0 Å². The van der Waals surface area contributed by atoms with Gasteiger partial charge in [-0.15, -0.1) is 0 Å². The summed E-state index contributed by atoms with van der Waals surface area (Å²) in [7, 11) is -4.05. The molecule has 7 nitrogen and oxygen atoms in total. The van der Waals surface area contributed by atoms with Gasteiger partial charge in [-0.05, 0) is 32.8 Å². The highest BCUT2D eigenvalue weighted by molar-refractivity contribution is 7.89. The lowest BCUT2D eigenvalue weighted by molar-refractivity contribution is -0.387. The number of aliphatic hydroxyl groups is 1. The lowest BCUT2D eigenvalue weighted by atomic mass is 10.0. The molecule has 1 rings (SSSR count). The van der Waals surface area contributed by atoms with E-state index in [4.69, 9.17) is 5.11 Å². The molecule has 2 N–H and O–H groups in total. The van der Waals surface area contributed by atoms with Crippen molar-refractivity contribution in [3.05, 3.63) is 33.9 Å². The second-order valence-electron chi connectivity index (χ2n) is 5.14. The molecule has 0 aliphatic carbocycles. The van der Waals surface area contributed by atoms with Crippen LogP contribution in [0.3, 0.4) is 0 Å². The Bertz CT molecular complexity index is 610. The van der Waals surface area contributed by atoms with Crippen LogP contribution in [0.4, 0.5) is 5.69 Å². The van der Waals surface area contributed by atoms with E-state index in [-0.39, 0.29) is 17.9 Å². The van der Waals surface area contributed by atoms with Gasteiger partial charge in [0, 0.05) is 18.2 Å². The Hall–Kier alpha value is -1.51. The van der Waals surface area contributed by atoms with E-state index in [9.17, 15) is 18.5 Å². The van der Waals surface area contributed by atoms with Gasteiger partial charge in [-0.1, -0.05) is 12.1 Å². The van der Waals surface area contributed by atoms with Crippen LogP contribution in [0.1, 0.15) is 25.8 Å². The zero-order chi connectivity index (χ0) is 15.6. The van der Waals surface area contributed by atoms with E-state index >= 15 is 0 Å². The quantitative estimate of drug-likeness (QED) is 0.608. The normalized spacial score (nSPS) is 12.4. The molecule has 0 fully saturated rings. The maximum absolute atomic E-state index is 12.4. The molecule has 0 aliphatic rings. The number of benzene rings is 1. The van der Waals surface area contributed by atoms with E-state index in [1.54, 1.807) is 13.8 Å². The minimum Gasteiger partial charge on any atom is -0.396 e. The molecule has 1 aromatic rings. The number of rotatable bonds is 6. The molecule has 20 heavy (non-hydrogen) atoms. The third kappa shape index (κ3) is 3.75.